The molecule has 3 heteroatoms. The number of carbonyl (C=O) groups excluding carboxylic acids is 1. The van der Waals surface area contributed by atoms with E-state index in [1.165, 1.54) is 13.2 Å². The molecule has 0 radical (unpaired) electrons. The number of hydrogen-bond acceptors (Lipinski definition) is 3. The van der Waals surface area contributed by atoms with Gasteiger partial charge < -0.3 is 10.5 Å². The molecule has 1 rings (SSSR count). The van der Waals surface area contributed by atoms with Crippen molar-refractivity contribution in [2.45, 2.75) is 13.0 Å². The van der Waals surface area contributed by atoms with E-state index in [-0.39, 0.29) is 12.0 Å². The summed E-state index contributed by atoms with van der Waals surface area (Å²) in [6, 6.07) is 9.34. The van der Waals surface area contributed by atoms with Crippen molar-refractivity contribution in [2.24, 2.45) is 5.73 Å². The Balaban J connectivity index is 2.54. The minimum Gasteiger partial charge on any atom is -0.435 e. The maximum Gasteiger partial charge on any atom is 0.307 e. The summed E-state index contributed by atoms with van der Waals surface area (Å²) < 4.78 is 4.63. The van der Waals surface area contributed by atoms with E-state index in [1.807, 2.05) is 30.3 Å². The van der Waals surface area contributed by atoms with Gasteiger partial charge in [0.15, 0.2) is 0 Å². The van der Waals surface area contributed by atoms with E-state index in [4.69, 9.17) is 5.73 Å². The zero-order valence-electron chi connectivity index (χ0n) is 8.01. The van der Waals surface area contributed by atoms with Gasteiger partial charge in [0.1, 0.15) is 0 Å². The molecule has 74 valence electrons. The van der Waals surface area contributed by atoms with Crippen molar-refractivity contribution in [1.29, 1.82) is 0 Å². The lowest BCUT2D eigenvalue weighted by atomic mass is 10.1. The molecule has 0 aliphatic heterocycles. The summed E-state index contributed by atoms with van der Waals surface area (Å²) in [5.74, 6) is -0.346. The van der Waals surface area contributed by atoms with Gasteiger partial charge in [0.2, 0.25) is 0 Å². The summed E-state index contributed by atoms with van der Waals surface area (Å²) in [6.45, 7) is 1.35. The first-order valence-corrected chi connectivity index (χ1v) is 4.34. The quantitative estimate of drug-likeness (QED) is 0.585. The maximum absolute atomic E-state index is 10.4. The first kappa shape index (κ1) is 10.5. The van der Waals surface area contributed by atoms with Crippen molar-refractivity contribution in [1.82, 2.24) is 0 Å². The van der Waals surface area contributed by atoms with Crippen molar-refractivity contribution in [3.63, 3.8) is 0 Å². The number of ether oxygens (including phenoxy) is 1. The molecular formula is C11H13NO2. The first-order valence-electron chi connectivity index (χ1n) is 4.34. The molecule has 0 aliphatic rings. The molecule has 1 unspecified atom stereocenters. The van der Waals surface area contributed by atoms with E-state index < -0.39 is 0 Å². The second kappa shape index (κ2) is 5.19. The molecule has 0 amide bonds. The highest BCUT2D eigenvalue weighted by molar-refractivity contribution is 5.66. The normalized spacial score (nSPS) is 12.7. The van der Waals surface area contributed by atoms with Crippen molar-refractivity contribution < 1.29 is 9.53 Å². The molecule has 0 spiro atoms. The average Bonchev–Trinajstić information content (AvgIpc) is 2.18. The van der Waals surface area contributed by atoms with E-state index >= 15 is 0 Å². The Morgan fingerprint density at radius 1 is 1.43 bits per heavy atom. The molecule has 0 saturated carbocycles. The van der Waals surface area contributed by atoms with Gasteiger partial charge in [0.05, 0.1) is 12.3 Å². The minimum atomic E-state index is -0.346. The predicted octanol–water partition coefficient (Wildman–Crippen LogP) is 1.76. The summed E-state index contributed by atoms with van der Waals surface area (Å²) in [4.78, 5) is 10.4. The molecule has 0 saturated heterocycles. The van der Waals surface area contributed by atoms with E-state index in [9.17, 15) is 4.79 Å². The van der Waals surface area contributed by atoms with E-state index in [0.717, 1.165) is 5.56 Å². The van der Waals surface area contributed by atoms with Crippen LogP contribution in [0.15, 0.2) is 42.7 Å². The van der Waals surface area contributed by atoms with Gasteiger partial charge in [-0.05, 0) is 11.6 Å². The topological polar surface area (TPSA) is 52.3 Å². The highest BCUT2D eigenvalue weighted by Crippen LogP contribution is 2.10. The van der Waals surface area contributed by atoms with E-state index in [2.05, 4.69) is 4.74 Å². The summed E-state index contributed by atoms with van der Waals surface area (Å²) in [6.07, 6.45) is 2.96. The lowest BCUT2D eigenvalue weighted by Crippen LogP contribution is -2.06. The second-order valence-corrected chi connectivity index (χ2v) is 2.87. The number of carbonyl (C=O) groups is 1. The number of benzene rings is 1. The molecule has 0 aromatic heterocycles. The third kappa shape index (κ3) is 3.41. The van der Waals surface area contributed by atoms with Gasteiger partial charge in [0, 0.05) is 6.92 Å². The largest absolute Gasteiger partial charge is 0.435 e. The second-order valence-electron chi connectivity index (χ2n) is 2.87. The summed E-state index contributed by atoms with van der Waals surface area (Å²) >= 11 is 0. The predicted molar refractivity (Wildman–Crippen MR) is 54.3 cm³/mol. The Kier molecular flexibility index (Phi) is 3.88. The van der Waals surface area contributed by atoms with Crippen molar-refractivity contribution in [3.8, 4) is 0 Å². The Labute approximate surface area is 83.2 Å². The number of hydrogen-bond donors (Lipinski definition) is 1. The number of rotatable bonds is 3. The van der Waals surface area contributed by atoms with Crippen LogP contribution in [0.2, 0.25) is 0 Å². The molecular weight excluding hydrogens is 178 g/mol. The van der Waals surface area contributed by atoms with Crippen LogP contribution in [-0.4, -0.2) is 5.97 Å². The Bertz CT molecular complexity index is 319. The fourth-order valence-electron chi connectivity index (χ4n) is 1.01. The molecule has 0 heterocycles. The molecule has 0 bridgehead atoms. The van der Waals surface area contributed by atoms with Gasteiger partial charge in [-0.15, -0.1) is 0 Å². The lowest BCUT2D eigenvalue weighted by Gasteiger charge is -2.05. The van der Waals surface area contributed by atoms with E-state index in [1.54, 1.807) is 6.08 Å². The molecule has 3 nitrogen and oxygen atoms in total. The fourth-order valence-corrected chi connectivity index (χ4v) is 1.01. The number of nitrogens with two attached hydrogens (primary N) is 1. The number of esters is 1. The smallest absolute Gasteiger partial charge is 0.307 e. The molecule has 1 aromatic carbocycles. The first-order chi connectivity index (χ1) is 6.70. The van der Waals surface area contributed by atoms with Crippen molar-refractivity contribution >= 4 is 5.97 Å². The van der Waals surface area contributed by atoms with Gasteiger partial charge in [-0.2, -0.15) is 0 Å². The van der Waals surface area contributed by atoms with Crippen molar-refractivity contribution in [2.75, 3.05) is 0 Å². The molecule has 2 N–H and O–H groups in total. The Hall–Kier alpha value is -1.61. The van der Waals surface area contributed by atoms with Gasteiger partial charge in [-0.1, -0.05) is 30.3 Å². The van der Waals surface area contributed by atoms with E-state index in [0.29, 0.717) is 0 Å². The summed E-state index contributed by atoms with van der Waals surface area (Å²) in [5, 5.41) is 0. The van der Waals surface area contributed by atoms with Crippen LogP contribution in [-0.2, 0) is 9.53 Å². The molecule has 1 atom stereocenters. The third-order valence-electron chi connectivity index (χ3n) is 1.70. The molecule has 14 heavy (non-hydrogen) atoms. The molecule has 1 aromatic rings. The van der Waals surface area contributed by atoms with Crippen LogP contribution in [0.25, 0.3) is 0 Å². The van der Waals surface area contributed by atoms with Crippen LogP contribution in [0.1, 0.15) is 18.5 Å². The molecule has 0 aliphatic carbocycles. The maximum atomic E-state index is 10.4. The summed E-state index contributed by atoms with van der Waals surface area (Å²) in [7, 11) is 0. The van der Waals surface area contributed by atoms with Gasteiger partial charge >= 0.3 is 5.97 Å². The Morgan fingerprint density at radius 2 is 2.07 bits per heavy atom. The van der Waals surface area contributed by atoms with Crippen LogP contribution < -0.4 is 5.73 Å². The fraction of sp³-hybridized carbons (Fsp3) is 0.182. The monoisotopic (exact) mass is 191 g/mol. The lowest BCUT2D eigenvalue weighted by molar-refractivity contribution is -0.135. The van der Waals surface area contributed by atoms with Gasteiger partial charge in [0.25, 0.3) is 0 Å². The minimum absolute atomic E-state index is 0.240. The van der Waals surface area contributed by atoms with Gasteiger partial charge in [-0.3, -0.25) is 4.79 Å². The van der Waals surface area contributed by atoms with Crippen molar-refractivity contribution in [3.05, 3.63) is 48.2 Å². The van der Waals surface area contributed by atoms with Crippen LogP contribution in [0, 0.1) is 0 Å². The third-order valence-corrected chi connectivity index (χ3v) is 1.70. The zero-order valence-corrected chi connectivity index (χ0v) is 8.01. The van der Waals surface area contributed by atoms with Crippen LogP contribution in [0.5, 0.6) is 0 Å². The average molecular weight is 191 g/mol. The SMILES string of the molecule is CC(=O)OC=CC(N)c1ccccc1. The van der Waals surface area contributed by atoms with Crippen LogP contribution in [0.4, 0.5) is 0 Å². The van der Waals surface area contributed by atoms with Crippen LogP contribution in [0.3, 0.4) is 0 Å². The van der Waals surface area contributed by atoms with Gasteiger partial charge in [-0.25, -0.2) is 0 Å². The summed E-state index contributed by atoms with van der Waals surface area (Å²) in [5.41, 5.74) is 6.79. The highest BCUT2D eigenvalue weighted by Gasteiger charge is 1.99. The molecule has 0 fully saturated rings. The zero-order chi connectivity index (χ0) is 10.4. The highest BCUT2D eigenvalue weighted by atomic mass is 16.5. The Morgan fingerprint density at radius 3 is 2.64 bits per heavy atom. The standard InChI is InChI=1S/C11H13NO2/c1-9(13)14-8-7-11(12)10-5-3-2-4-6-10/h2-8,11H,12H2,1H3. The van der Waals surface area contributed by atoms with Crippen LogP contribution >= 0.6 is 0 Å².